The highest BCUT2D eigenvalue weighted by Gasteiger charge is 2.26. The van der Waals surface area contributed by atoms with Crippen molar-refractivity contribution in [2.75, 3.05) is 13.2 Å². The number of hydrogen-bond acceptors (Lipinski definition) is 2. The van der Waals surface area contributed by atoms with Crippen LogP contribution in [-0.4, -0.2) is 24.3 Å². The Kier molecular flexibility index (Phi) is 10.1. The summed E-state index contributed by atoms with van der Waals surface area (Å²) >= 11 is 5.46. The van der Waals surface area contributed by atoms with Gasteiger partial charge >= 0.3 is 0 Å². The highest BCUT2D eigenvalue weighted by atomic mass is 32.1. The number of ether oxygens (including phenoxy) is 1. The van der Waals surface area contributed by atoms with Crippen LogP contribution in [0.15, 0.2) is 18.2 Å². The molecule has 1 aliphatic carbocycles. The van der Waals surface area contributed by atoms with Crippen molar-refractivity contribution in [3.05, 3.63) is 29.3 Å². The predicted molar refractivity (Wildman–Crippen MR) is 138 cm³/mol. The van der Waals surface area contributed by atoms with Crippen LogP contribution < -0.4 is 15.4 Å². The van der Waals surface area contributed by atoms with E-state index in [1.807, 2.05) is 0 Å². The number of rotatable bonds is 11. The number of nitrogens with one attached hydrogen (secondary N) is 2. The average Bonchev–Trinajstić information content (AvgIpc) is 2.76. The Morgan fingerprint density at radius 3 is 2.32 bits per heavy atom. The van der Waals surface area contributed by atoms with Crippen LogP contribution in [0, 0.1) is 0 Å². The zero-order valence-electron chi connectivity index (χ0n) is 20.9. The van der Waals surface area contributed by atoms with Gasteiger partial charge in [0.15, 0.2) is 5.11 Å². The Hall–Kier alpha value is -1.29. The quantitative estimate of drug-likeness (QED) is 0.283. The maximum Gasteiger partial charge on any atom is 0.166 e. The molecule has 0 atom stereocenters. The summed E-state index contributed by atoms with van der Waals surface area (Å²) in [7, 11) is 0. The molecule has 2 rings (SSSR count). The van der Waals surface area contributed by atoms with Gasteiger partial charge in [-0.1, -0.05) is 72.9 Å². The molecule has 1 aromatic rings. The van der Waals surface area contributed by atoms with E-state index in [1.165, 1.54) is 43.2 Å². The molecule has 0 aliphatic heterocycles. The van der Waals surface area contributed by atoms with Gasteiger partial charge in [0.25, 0.3) is 0 Å². The van der Waals surface area contributed by atoms with E-state index in [2.05, 4.69) is 70.4 Å². The standard InChI is InChI=1S/C27H46N2OS/c1-7-26(3,4)21-16-17-24(23(20-21)27(5,6)8-2)30-19-13-12-18-28-25(31)29-22-14-10-9-11-15-22/h16-17,20,22H,7-15,18-19H2,1-6H3,(H2,28,29,31). The van der Waals surface area contributed by atoms with Gasteiger partial charge in [0.05, 0.1) is 6.61 Å². The largest absolute Gasteiger partial charge is 0.493 e. The van der Waals surface area contributed by atoms with Gasteiger partial charge in [-0.25, -0.2) is 0 Å². The minimum absolute atomic E-state index is 0.105. The van der Waals surface area contributed by atoms with Crippen molar-refractivity contribution >= 4 is 17.3 Å². The molecular weight excluding hydrogens is 400 g/mol. The van der Waals surface area contributed by atoms with Gasteiger partial charge in [-0.05, 0) is 73.2 Å². The average molecular weight is 447 g/mol. The SMILES string of the molecule is CCC(C)(C)c1ccc(OCCCCNC(=S)NC2CCCCC2)c(C(C)(C)CC)c1. The molecule has 0 radical (unpaired) electrons. The monoisotopic (exact) mass is 446 g/mol. The summed E-state index contributed by atoms with van der Waals surface area (Å²) in [5, 5.41) is 7.66. The summed E-state index contributed by atoms with van der Waals surface area (Å²) in [6, 6.07) is 7.41. The van der Waals surface area contributed by atoms with Crippen molar-refractivity contribution < 1.29 is 4.74 Å². The Balaban J connectivity index is 1.82. The van der Waals surface area contributed by atoms with Gasteiger partial charge in [0.1, 0.15) is 5.75 Å². The lowest BCUT2D eigenvalue weighted by Crippen LogP contribution is -2.43. The van der Waals surface area contributed by atoms with Gasteiger partial charge in [0.2, 0.25) is 0 Å². The van der Waals surface area contributed by atoms with E-state index in [1.54, 1.807) is 0 Å². The Labute approximate surface area is 197 Å². The van der Waals surface area contributed by atoms with Gasteiger partial charge < -0.3 is 15.4 Å². The Morgan fingerprint density at radius 1 is 1.00 bits per heavy atom. The van der Waals surface area contributed by atoms with E-state index in [-0.39, 0.29) is 10.8 Å². The summed E-state index contributed by atoms with van der Waals surface area (Å²) in [5.74, 6) is 1.05. The summed E-state index contributed by atoms with van der Waals surface area (Å²) in [6.07, 6.45) is 10.8. The first-order chi connectivity index (χ1) is 14.7. The van der Waals surface area contributed by atoms with Crippen molar-refractivity contribution in [1.82, 2.24) is 10.6 Å². The number of unbranched alkanes of at least 4 members (excludes halogenated alkanes) is 1. The molecule has 2 N–H and O–H groups in total. The van der Waals surface area contributed by atoms with E-state index in [4.69, 9.17) is 17.0 Å². The molecule has 1 saturated carbocycles. The second-order valence-electron chi connectivity index (χ2n) is 10.5. The normalized spacial score (nSPS) is 15.5. The van der Waals surface area contributed by atoms with Crippen molar-refractivity contribution in [3.8, 4) is 5.75 Å². The minimum Gasteiger partial charge on any atom is -0.493 e. The Morgan fingerprint density at radius 2 is 1.68 bits per heavy atom. The fraction of sp³-hybridized carbons (Fsp3) is 0.741. The maximum atomic E-state index is 6.28. The van der Waals surface area contributed by atoms with E-state index in [9.17, 15) is 0 Å². The van der Waals surface area contributed by atoms with Crippen LogP contribution in [0.1, 0.15) is 110 Å². The zero-order chi connectivity index (χ0) is 22.9. The molecule has 176 valence electrons. The molecule has 3 nitrogen and oxygen atoms in total. The molecule has 1 fully saturated rings. The van der Waals surface area contributed by atoms with Gasteiger partial charge in [-0.15, -0.1) is 0 Å². The second-order valence-corrected chi connectivity index (χ2v) is 10.9. The van der Waals surface area contributed by atoms with Crippen LogP contribution in [0.4, 0.5) is 0 Å². The fourth-order valence-electron chi connectivity index (χ4n) is 4.09. The van der Waals surface area contributed by atoms with Crippen molar-refractivity contribution in [2.24, 2.45) is 0 Å². The second kappa shape index (κ2) is 12.1. The lowest BCUT2D eigenvalue weighted by atomic mass is 9.76. The lowest BCUT2D eigenvalue weighted by Gasteiger charge is -2.30. The molecule has 31 heavy (non-hydrogen) atoms. The highest BCUT2D eigenvalue weighted by Crippen LogP contribution is 2.38. The lowest BCUT2D eigenvalue weighted by molar-refractivity contribution is 0.296. The molecule has 0 unspecified atom stereocenters. The molecule has 0 heterocycles. The molecule has 1 aromatic carbocycles. The summed E-state index contributed by atoms with van der Waals surface area (Å²) < 4.78 is 6.28. The van der Waals surface area contributed by atoms with E-state index < -0.39 is 0 Å². The highest BCUT2D eigenvalue weighted by molar-refractivity contribution is 7.80. The molecular formula is C27H46N2OS. The minimum atomic E-state index is 0.105. The van der Waals surface area contributed by atoms with Crippen LogP contribution in [0.2, 0.25) is 0 Å². The third-order valence-corrected chi connectivity index (χ3v) is 7.57. The van der Waals surface area contributed by atoms with Gasteiger partial charge in [-0.3, -0.25) is 0 Å². The zero-order valence-corrected chi connectivity index (χ0v) is 21.7. The van der Waals surface area contributed by atoms with Crippen LogP contribution >= 0.6 is 12.2 Å². The molecule has 0 aromatic heterocycles. The number of thiocarbonyl (C=S) groups is 1. The van der Waals surface area contributed by atoms with Crippen LogP contribution in [0.5, 0.6) is 5.75 Å². The molecule has 0 spiro atoms. The summed E-state index contributed by atoms with van der Waals surface area (Å²) in [6.45, 7) is 15.5. The first-order valence-electron chi connectivity index (χ1n) is 12.5. The summed E-state index contributed by atoms with van der Waals surface area (Å²) in [5.41, 5.74) is 3.03. The third kappa shape index (κ3) is 7.97. The van der Waals surface area contributed by atoms with E-state index >= 15 is 0 Å². The van der Waals surface area contributed by atoms with Gasteiger partial charge in [-0.2, -0.15) is 0 Å². The Bertz CT molecular complexity index is 692. The first kappa shape index (κ1) is 26.0. The number of hydrogen-bond donors (Lipinski definition) is 2. The van der Waals surface area contributed by atoms with Crippen LogP contribution in [0.3, 0.4) is 0 Å². The van der Waals surface area contributed by atoms with Crippen LogP contribution in [-0.2, 0) is 10.8 Å². The third-order valence-electron chi connectivity index (χ3n) is 7.31. The molecule has 1 aliphatic rings. The fourth-order valence-corrected chi connectivity index (χ4v) is 4.36. The summed E-state index contributed by atoms with van der Waals surface area (Å²) in [4.78, 5) is 0. The number of benzene rings is 1. The molecule has 0 bridgehead atoms. The smallest absolute Gasteiger partial charge is 0.166 e. The predicted octanol–water partition coefficient (Wildman–Crippen LogP) is 7.02. The van der Waals surface area contributed by atoms with Crippen molar-refractivity contribution in [1.29, 1.82) is 0 Å². The maximum absolute atomic E-state index is 6.28. The van der Waals surface area contributed by atoms with Crippen LogP contribution in [0.25, 0.3) is 0 Å². The molecule has 4 heteroatoms. The van der Waals surface area contributed by atoms with E-state index in [0.29, 0.717) is 6.04 Å². The topological polar surface area (TPSA) is 33.3 Å². The van der Waals surface area contributed by atoms with Gasteiger partial charge in [0, 0.05) is 18.2 Å². The molecule has 0 saturated heterocycles. The molecule has 0 amide bonds. The van der Waals surface area contributed by atoms with E-state index in [0.717, 1.165) is 49.7 Å². The van der Waals surface area contributed by atoms with Crippen molar-refractivity contribution in [2.45, 2.75) is 116 Å². The van der Waals surface area contributed by atoms with Crippen molar-refractivity contribution in [3.63, 3.8) is 0 Å². The first-order valence-corrected chi connectivity index (χ1v) is 12.9.